The molecule has 1 aliphatic heterocycles. The first-order chi connectivity index (χ1) is 8.97. The molecule has 0 saturated carbocycles. The van der Waals surface area contributed by atoms with E-state index in [1.807, 2.05) is 13.8 Å². The van der Waals surface area contributed by atoms with Crippen LogP contribution in [0.2, 0.25) is 0 Å². The fourth-order valence-electron chi connectivity index (χ4n) is 2.27. The lowest BCUT2D eigenvalue weighted by atomic mass is 9.98. The number of carbonyl (C=O) groups is 2. The second-order valence-corrected chi connectivity index (χ2v) is 5.46. The van der Waals surface area contributed by atoms with Crippen LogP contribution in [0.3, 0.4) is 0 Å². The van der Waals surface area contributed by atoms with E-state index in [2.05, 4.69) is 0 Å². The third kappa shape index (κ3) is 4.49. The van der Waals surface area contributed by atoms with Gasteiger partial charge in [0.25, 0.3) is 0 Å². The Morgan fingerprint density at radius 2 is 2.05 bits per heavy atom. The van der Waals surface area contributed by atoms with Gasteiger partial charge < -0.3 is 15.4 Å². The molecule has 0 bridgehead atoms. The smallest absolute Gasteiger partial charge is 0.328 e. The first kappa shape index (κ1) is 16.0. The summed E-state index contributed by atoms with van der Waals surface area (Å²) in [5.74, 6) is -0.0533. The fraction of sp³-hybridized carbons (Fsp3) is 0.857. The largest absolute Gasteiger partial charge is 0.464 e. The zero-order valence-corrected chi connectivity index (χ0v) is 12.2. The van der Waals surface area contributed by atoms with Crippen molar-refractivity contribution in [1.29, 1.82) is 0 Å². The molecule has 1 amide bonds. The summed E-state index contributed by atoms with van der Waals surface area (Å²) >= 11 is 0. The third-order valence-electron chi connectivity index (χ3n) is 3.65. The minimum absolute atomic E-state index is 0.0287. The average molecular weight is 270 g/mol. The summed E-state index contributed by atoms with van der Waals surface area (Å²) in [5, 5.41) is 0. The van der Waals surface area contributed by atoms with Crippen molar-refractivity contribution in [1.82, 2.24) is 4.90 Å². The molecule has 1 aliphatic rings. The maximum Gasteiger partial charge on any atom is 0.328 e. The predicted molar refractivity (Wildman–Crippen MR) is 73.4 cm³/mol. The quantitative estimate of drug-likeness (QED) is 0.764. The highest BCUT2D eigenvalue weighted by Crippen LogP contribution is 2.20. The Morgan fingerprint density at radius 3 is 2.63 bits per heavy atom. The van der Waals surface area contributed by atoms with Crippen molar-refractivity contribution in [3.8, 4) is 0 Å². The molecular weight excluding hydrogens is 244 g/mol. The molecule has 2 unspecified atom stereocenters. The van der Waals surface area contributed by atoms with Crippen LogP contribution in [-0.2, 0) is 14.3 Å². The molecule has 1 saturated heterocycles. The van der Waals surface area contributed by atoms with E-state index < -0.39 is 6.04 Å². The highest BCUT2D eigenvalue weighted by Gasteiger charge is 2.33. The molecule has 5 nitrogen and oxygen atoms in total. The molecule has 1 rings (SSSR count). The van der Waals surface area contributed by atoms with Crippen molar-refractivity contribution in [3.63, 3.8) is 0 Å². The van der Waals surface area contributed by atoms with Crippen LogP contribution in [0, 0.1) is 5.92 Å². The van der Waals surface area contributed by atoms with Gasteiger partial charge in [-0.1, -0.05) is 13.8 Å². The number of rotatable bonds is 5. The number of likely N-dealkylation sites (tertiary alicyclic amines) is 1. The Labute approximate surface area is 115 Å². The van der Waals surface area contributed by atoms with Gasteiger partial charge in [-0.15, -0.1) is 0 Å². The minimum Gasteiger partial charge on any atom is -0.464 e. The molecule has 0 aromatic carbocycles. The van der Waals surface area contributed by atoms with Gasteiger partial charge in [-0.25, -0.2) is 4.79 Å². The number of piperidine rings is 1. The number of carbonyl (C=O) groups excluding carboxylic acids is 2. The van der Waals surface area contributed by atoms with Crippen LogP contribution in [0.4, 0.5) is 0 Å². The van der Waals surface area contributed by atoms with Crippen LogP contribution in [-0.4, -0.2) is 42.0 Å². The molecule has 0 aromatic heterocycles. The number of hydrogen-bond donors (Lipinski definition) is 1. The molecule has 1 heterocycles. The Morgan fingerprint density at radius 1 is 1.37 bits per heavy atom. The Hall–Kier alpha value is -1.10. The maximum absolute atomic E-state index is 12.3. The number of nitrogens with two attached hydrogens (primary N) is 1. The second-order valence-electron chi connectivity index (χ2n) is 5.46. The lowest BCUT2D eigenvalue weighted by molar-refractivity contribution is -0.156. The van der Waals surface area contributed by atoms with E-state index in [-0.39, 0.29) is 23.8 Å². The van der Waals surface area contributed by atoms with E-state index in [9.17, 15) is 9.59 Å². The second kappa shape index (κ2) is 7.48. The average Bonchev–Trinajstić information content (AvgIpc) is 2.38. The monoisotopic (exact) mass is 270 g/mol. The molecule has 2 atom stereocenters. The van der Waals surface area contributed by atoms with Crippen molar-refractivity contribution in [3.05, 3.63) is 0 Å². The third-order valence-corrected chi connectivity index (χ3v) is 3.65. The van der Waals surface area contributed by atoms with Gasteiger partial charge in [0.1, 0.15) is 6.04 Å². The predicted octanol–water partition coefficient (Wildman–Crippen LogP) is 1.30. The summed E-state index contributed by atoms with van der Waals surface area (Å²) in [7, 11) is 0. The summed E-state index contributed by atoms with van der Waals surface area (Å²) in [6, 6.07) is -0.571. The number of amides is 1. The molecule has 0 radical (unpaired) electrons. The topological polar surface area (TPSA) is 72.6 Å². The summed E-state index contributed by atoms with van der Waals surface area (Å²) in [6.45, 7) is 6.76. The van der Waals surface area contributed by atoms with E-state index in [4.69, 9.17) is 10.5 Å². The highest BCUT2D eigenvalue weighted by atomic mass is 16.5. The number of ether oxygens (including phenoxy) is 1. The van der Waals surface area contributed by atoms with Crippen LogP contribution in [0.25, 0.3) is 0 Å². The molecule has 1 fully saturated rings. The van der Waals surface area contributed by atoms with E-state index in [0.717, 1.165) is 12.8 Å². The van der Waals surface area contributed by atoms with Gasteiger partial charge in [0.05, 0.1) is 6.61 Å². The maximum atomic E-state index is 12.3. The molecular formula is C14H26N2O3. The van der Waals surface area contributed by atoms with E-state index >= 15 is 0 Å². The van der Waals surface area contributed by atoms with Gasteiger partial charge in [0.15, 0.2) is 0 Å². The van der Waals surface area contributed by atoms with Gasteiger partial charge in [-0.3, -0.25) is 4.79 Å². The van der Waals surface area contributed by atoms with Crippen molar-refractivity contribution < 1.29 is 14.3 Å². The molecule has 0 spiro atoms. The van der Waals surface area contributed by atoms with Crippen molar-refractivity contribution >= 4 is 11.9 Å². The van der Waals surface area contributed by atoms with Crippen LogP contribution >= 0.6 is 0 Å². The first-order valence-corrected chi connectivity index (χ1v) is 7.19. The van der Waals surface area contributed by atoms with Gasteiger partial charge in [0.2, 0.25) is 5.91 Å². The van der Waals surface area contributed by atoms with Crippen LogP contribution in [0.1, 0.15) is 46.5 Å². The highest BCUT2D eigenvalue weighted by molar-refractivity contribution is 5.85. The molecule has 0 aliphatic carbocycles. The lowest BCUT2D eigenvalue weighted by Crippen LogP contribution is -2.50. The number of esters is 1. The van der Waals surface area contributed by atoms with Gasteiger partial charge in [-0.05, 0) is 32.1 Å². The zero-order chi connectivity index (χ0) is 14.4. The first-order valence-electron chi connectivity index (χ1n) is 7.19. The number of hydrogen-bond acceptors (Lipinski definition) is 4. The molecule has 5 heteroatoms. The van der Waals surface area contributed by atoms with E-state index in [1.54, 1.807) is 11.8 Å². The Kier molecular flexibility index (Phi) is 6.28. The molecule has 2 N–H and O–H groups in total. The molecule has 110 valence electrons. The van der Waals surface area contributed by atoms with Crippen LogP contribution < -0.4 is 5.73 Å². The lowest BCUT2D eigenvalue weighted by Gasteiger charge is -2.35. The fourth-order valence-corrected chi connectivity index (χ4v) is 2.27. The summed E-state index contributed by atoms with van der Waals surface area (Å²) in [5.41, 5.74) is 5.94. The van der Waals surface area contributed by atoms with Gasteiger partial charge in [0, 0.05) is 19.0 Å². The normalized spacial score (nSPS) is 21.3. The Balaban J connectivity index is 2.65. The zero-order valence-electron chi connectivity index (χ0n) is 12.2. The standard InChI is InChI=1S/C14H26N2O3/c1-4-19-14(18)12-7-5-6-8-16(12)13(17)9-11(15)10(2)3/h10-12H,4-9,15H2,1-3H3. The summed E-state index contributed by atoms with van der Waals surface area (Å²) < 4.78 is 5.05. The molecule has 19 heavy (non-hydrogen) atoms. The summed E-state index contributed by atoms with van der Waals surface area (Å²) in [4.78, 5) is 25.8. The van der Waals surface area contributed by atoms with Crippen LogP contribution in [0.15, 0.2) is 0 Å². The van der Waals surface area contributed by atoms with Crippen LogP contribution in [0.5, 0.6) is 0 Å². The SMILES string of the molecule is CCOC(=O)C1CCCCN1C(=O)CC(N)C(C)C. The van der Waals surface area contributed by atoms with Gasteiger partial charge in [-0.2, -0.15) is 0 Å². The summed E-state index contributed by atoms with van der Waals surface area (Å²) in [6.07, 6.45) is 2.90. The van der Waals surface area contributed by atoms with Crippen molar-refractivity contribution in [2.75, 3.05) is 13.2 Å². The van der Waals surface area contributed by atoms with Crippen molar-refractivity contribution in [2.45, 2.75) is 58.5 Å². The van der Waals surface area contributed by atoms with Gasteiger partial charge >= 0.3 is 5.97 Å². The van der Waals surface area contributed by atoms with E-state index in [0.29, 0.717) is 26.0 Å². The van der Waals surface area contributed by atoms with E-state index in [1.165, 1.54) is 0 Å². The molecule has 0 aromatic rings. The minimum atomic E-state index is -0.416. The number of nitrogens with zero attached hydrogens (tertiary/aromatic N) is 1. The van der Waals surface area contributed by atoms with Crippen molar-refractivity contribution in [2.24, 2.45) is 11.7 Å². The Bertz CT molecular complexity index is 318.